The average molecular weight is 228 g/mol. The van der Waals surface area contributed by atoms with Crippen molar-refractivity contribution in [2.24, 2.45) is 0 Å². The maximum absolute atomic E-state index is 5.86. The standard InChI is InChI=1S/C10H14ClN3O/c1-2-15-9-6-12-5-8(13-9)14-10(7-11)3-4-10/h5-6H,2-4,7H2,1H3,(H,13,14). The van der Waals surface area contributed by atoms with E-state index in [1.54, 1.807) is 12.4 Å². The van der Waals surface area contributed by atoms with E-state index in [1.165, 1.54) is 0 Å². The largest absolute Gasteiger partial charge is 0.477 e. The van der Waals surface area contributed by atoms with Crippen LogP contribution < -0.4 is 10.1 Å². The van der Waals surface area contributed by atoms with Crippen molar-refractivity contribution in [1.82, 2.24) is 9.97 Å². The zero-order valence-electron chi connectivity index (χ0n) is 8.66. The second-order valence-corrected chi connectivity index (χ2v) is 3.98. The zero-order valence-corrected chi connectivity index (χ0v) is 9.42. The summed E-state index contributed by atoms with van der Waals surface area (Å²) < 4.78 is 5.27. The van der Waals surface area contributed by atoms with Crippen molar-refractivity contribution in [2.75, 3.05) is 17.8 Å². The van der Waals surface area contributed by atoms with Crippen molar-refractivity contribution in [2.45, 2.75) is 25.3 Å². The zero-order chi connectivity index (χ0) is 10.7. The number of alkyl halides is 1. The molecule has 0 radical (unpaired) electrons. The monoisotopic (exact) mass is 227 g/mol. The molecule has 82 valence electrons. The summed E-state index contributed by atoms with van der Waals surface area (Å²) in [6.45, 7) is 2.52. The van der Waals surface area contributed by atoms with Crippen LogP contribution in [-0.4, -0.2) is 28.0 Å². The van der Waals surface area contributed by atoms with Gasteiger partial charge in [-0.15, -0.1) is 11.6 Å². The Morgan fingerprint density at radius 2 is 2.33 bits per heavy atom. The Balaban J connectivity index is 2.05. The predicted octanol–water partition coefficient (Wildman–Crippen LogP) is 2.06. The quantitative estimate of drug-likeness (QED) is 0.783. The van der Waals surface area contributed by atoms with E-state index in [9.17, 15) is 0 Å². The molecular weight excluding hydrogens is 214 g/mol. The number of hydrogen-bond donors (Lipinski definition) is 1. The van der Waals surface area contributed by atoms with Crippen LogP contribution in [0.5, 0.6) is 5.88 Å². The molecule has 0 aliphatic heterocycles. The minimum Gasteiger partial charge on any atom is -0.477 e. The fourth-order valence-corrected chi connectivity index (χ4v) is 1.67. The molecule has 1 fully saturated rings. The first-order chi connectivity index (χ1) is 7.28. The van der Waals surface area contributed by atoms with Crippen LogP contribution in [0, 0.1) is 0 Å². The number of anilines is 1. The molecule has 0 unspecified atom stereocenters. The van der Waals surface area contributed by atoms with Gasteiger partial charge in [-0.3, -0.25) is 4.98 Å². The average Bonchev–Trinajstić information content (AvgIpc) is 3.00. The van der Waals surface area contributed by atoms with Gasteiger partial charge in [-0.05, 0) is 19.8 Å². The number of ether oxygens (including phenoxy) is 1. The van der Waals surface area contributed by atoms with Crippen molar-refractivity contribution in [1.29, 1.82) is 0 Å². The van der Waals surface area contributed by atoms with Gasteiger partial charge < -0.3 is 10.1 Å². The van der Waals surface area contributed by atoms with Crippen LogP contribution in [0.4, 0.5) is 5.82 Å². The Kier molecular flexibility index (Phi) is 2.95. The van der Waals surface area contributed by atoms with Crippen molar-refractivity contribution in [3.63, 3.8) is 0 Å². The number of nitrogens with one attached hydrogen (secondary N) is 1. The molecule has 1 heterocycles. The highest BCUT2D eigenvalue weighted by Crippen LogP contribution is 2.39. The molecule has 1 aromatic heterocycles. The highest BCUT2D eigenvalue weighted by Gasteiger charge is 2.42. The summed E-state index contributed by atoms with van der Waals surface area (Å²) in [5.41, 5.74) is 0.0427. The Morgan fingerprint density at radius 1 is 1.53 bits per heavy atom. The first kappa shape index (κ1) is 10.5. The van der Waals surface area contributed by atoms with Gasteiger partial charge in [0.1, 0.15) is 5.82 Å². The summed E-state index contributed by atoms with van der Waals surface area (Å²) in [6, 6.07) is 0. The van der Waals surface area contributed by atoms with Gasteiger partial charge in [-0.2, -0.15) is 4.98 Å². The van der Waals surface area contributed by atoms with Gasteiger partial charge in [0.2, 0.25) is 5.88 Å². The maximum Gasteiger partial charge on any atom is 0.234 e. The van der Waals surface area contributed by atoms with E-state index in [2.05, 4.69) is 15.3 Å². The molecule has 0 bridgehead atoms. The topological polar surface area (TPSA) is 47.0 Å². The summed E-state index contributed by atoms with van der Waals surface area (Å²) in [4.78, 5) is 8.34. The fraction of sp³-hybridized carbons (Fsp3) is 0.600. The SMILES string of the molecule is CCOc1cncc(NC2(CCl)CC2)n1. The minimum absolute atomic E-state index is 0.0427. The summed E-state index contributed by atoms with van der Waals surface area (Å²) in [7, 11) is 0. The number of hydrogen-bond acceptors (Lipinski definition) is 4. The van der Waals surface area contributed by atoms with E-state index in [1.807, 2.05) is 6.92 Å². The molecule has 0 atom stereocenters. The molecule has 2 rings (SSSR count). The van der Waals surface area contributed by atoms with Crippen molar-refractivity contribution in [3.05, 3.63) is 12.4 Å². The first-order valence-corrected chi connectivity index (χ1v) is 5.60. The van der Waals surface area contributed by atoms with E-state index in [4.69, 9.17) is 16.3 Å². The number of halogens is 1. The molecule has 1 N–H and O–H groups in total. The third-order valence-corrected chi connectivity index (χ3v) is 2.92. The molecule has 15 heavy (non-hydrogen) atoms. The third kappa shape index (κ3) is 2.50. The van der Waals surface area contributed by atoms with Gasteiger partial charge >= 0.3 is 0 Å². The predicted molar refractivity (Wildman–Crippen MR) is 59.5 cm³/mol. The number of rotatable bonds is 5. The lowest BCUT2D eigenvalue weighted by atomic mass is 10.3. The summed E-state index contributed by atoms with van der Waals surface area (Å²) in [6.07, 6.45) is 5.48. The van der Waals surface area contributed by atoms with Crippen LogP contribution in [0.2, 0.25) is 0 Å². The number of nitrogens with zero attached hydrogens (tertiary/aromatic N) is 2. The Bertz CT molecular complexity index is 341. The van der Waals surface area contributed by atoms with E-state index in [0.717, 1.165) is 18.7 Å². The molecule has 0 saturated heterocycles. The molecule has 1 aliphatic rings. The lowest BCUT2D eigenvalue weighted by molar-refractivity contribution is 0.325. The molecule has 1 saturated carbocycles. The Hall–Kier alpha value is -1.03. The molecule has 0 spiro atoms. The van der Waals surface area contributed by atoms with Gasteiger partial charge in [0, 0.05) is 5.88 Å². The summed E-state index contributed by atoms with van der Waals surface area (Å²) in [5, 5.41) is 3.29. The molecule has 0 aromatic carbocycles. The second kappa shape index (κ2) is 4.23. The second-order valence-electron chi connectivity index (χ2n) is 3.71. The van der Waals surface area contributed by atoms with Crippen LogP contribution in [0.3, 0.4) is 0 Å². The van der Waals surface area contributed by atoms with Crippen LogP contribution >= 0.6 is 11.6 Å². The molecule has 0 amide bonds. The van der Waals surface area contributed by atoms with Gasteiger partial charge in [-0.25, -0.2) is 0 Å². The smallest absolute Gasteiger partial charge is 0.234 e. The van der Waals surface area contributed by atoms with E-state index in [-0.39, 0.29) is 5.54 Å². The molecular formula is C10H14ClN3O. The highest BCUT2D eigenvalue weighted by atomic mass is 35.5. The first-order valence-electron chi connectivity index (χ1n) is 5.07. The normalized spacial score (nSPS) is 17.2. The maximum atomic E-state index is 5.86. The molecule has 5 heteroatoms. The van der Waals surface area contributed by atoms with Gasteiger partial charge in [0.15, 0.2) is 0 Å². The van der Waals surface area contributed by atoms with Crippen molar-refractivity contribution >= 4 is 17.4 Å². The molecule has 1 aromatic rings. The molecule has 1 aliphatic carbocycles. The van der Waals surface area contributed by atoms with Crippen molar-refractivity contribution in [3.8, 4) is 5.88 Å². The van der Waals surface area contributed by atoms with E-state index in [0.29, 0.717) is 18.4 Å². The summed E-state index contributed by atoms with van der Waals surface area (Å²) >= 11 is 5.86. The highest BCUT2D eigenvalue weighted by molar-refractivity contribution is 6.19. The van der Waals surface area contributed by atoms with E-state index >= 15 is 0 Å². The van der Waals surface area contributed by atoms with Crippen LogP contribution in [0.15, 0.2) is 12.4 Å². The van der Waals surface area contributed by atoms with Crippen molar-refractivity contribution < 1.29 is 4.74 Å². The minimum atomic E-state index is 0.0427. The van der Waals surface area contributed by atoms with Gasteiger partial charge in [0.05, 0.1) is 24.5 Å². The van der Waals surface area contributed by atoms with Crippen LogP contribution in [0.1, 0.15) is 19.8 Å². The summed E-state index contributed by atoms with van der Waals surface area (Å²) in [5.74, 6) is 1.89. The molecule has 4 nitrogen and oxygen atoms in total. The number of aromatic nitrogens is 2. The fourth-order valence-electron chi connectivity index (χ4n) is 1.34. The lowest BCUT2D eigenvalue weighted by Crippen LogP contribution is -2.23. The van der Waals surface area contributed by atoms with Gasteiger partial charge in [-0.1, -0.05) is 0 Å². The third-order valence-electron chi connectivity index (χ3n) is 2.41. The lowest BCUT2D eigenvalue weighted by Gasteiger charge is -2.14. The Labute approximate surface area is 94.0 Å². The van der Waals surface area contributed by atoms with Crippen LogP contribution in [0.25, 0.3) is 0 Å². The van der Waals surface area contributed by atoms with Crippen LogP contribution in [-0.2, 0) is 0 Å². The Morgan fingerprint density at radius 3 is 2.93 bits per heavy atom. The van der Waals surface area contributed by atoms with E-state index < -0.39 is 0 Å². The van der Waals surface area contributed by atoms with Gasteiger partial charge in [0.25, 0.3) is 0 Å².